The summed E-state index contributed by atoms with van der Waals surface area (Å²) < 4.78 is 0. The Morgan fingerprint density at radius 3 is 2.45 bits per heavy atom. The molecule has 2 saturated carbocycles. The molecule has 0 amide bonds. The van der Waals surface area contributed by atoms with E-state index in [-0.39, 0.29) is 5.92 Å². The topological polar surface area (TPSA) is 20.3 Å². The molecule has 0 spiro atoms. The molecule has 2 fully saturated rings. The van der Waals surface area contributed by atoms with E-state index >= 15 is 0 Å². The number of nitrogens with zero attached hydrogens (tertiary/aromatic N) is 1. The molecule has 0 saturated heterocycles. The average Bonchev–Trinajstić information content (AvgIpc) is 2.43. The molecule has 2 heteroatoms. The fourth-order valence-electron chi connectivity index (χ4n) is 4.21. The summed E-state index contributed by atoms with van der Waals surface area (Å²) in [5.41, 5.74) is 0.360. The van der Waals surface area contributed by atoms with Crippen molar-refractivity contribution >= 4 is 5.78 Å². The lowest BCUT2D eigenvalue weighted by Crippen LogP contribution is -2.42. The second-order valence-corrected chi connectivity index (χ2v) is 8.05. The van der Waals surface area contributed by atoms with Crippen LogP contribution in [-0.2, 0) is 4.79 Å². The molecule has 1 atom stereocenters. The van der Waals surface area contributed by atoms with Crippen LogP contribution in [0.3, 0.4) is 0 Å². The first kappa shape index (κ1) is 16.0. The molecule has 0 aromatic carbocycles. The van der Waals surface area contributed by atoms with Gasteiger partial charge in [0.15, 0.2) is 0 Å². The van der Waals surface area contributed by atoms with Gasteiger partial charge in [-0.05, 0) is 56.9 Å². The van der Waals surface area contributed by atoms with Gasteiger partial charge in [-0.2, -0.15) is 0 Å². The quantitative estimate of drug-likeness (QED) is 0.765. The van der Waals surface area contributed by atoms with Crippen LogP contribution < -0.4 is 0 Å². The highest BCUT2D eigenvalue weighted by Gasteiger charge is 2.35. The molecule has 2 nitrogen and oxygen atoms in total. The molecule has 2 aliphatic carbocycles. The van der Waals surface area contributed by atoms with Crippen molar-refractivity contribution in [1.29, 1.82) is 0 Å². The van der Waals surface area contributed by atoms with E-state index < -0.39 is 0 Å². The average molecular weight is 279 g/mol. The minimum absolute atomic E-state index is 0.285. The van der Waals surface area contributed by atoms with Gasteiger partial charge in [-0.25, -0.2) is 0 Å². The SMILES string of the molecule is CCC1CCC(N(C)CC2CC(C)(C)CCC2=O)CC1. The lowest BCUT2D eigenvalue weighted by molar-refractivity contribution is -0.128. The van der Waals surface area contributed by atoms with E-state index in [2.05, 4.69) is 32.7 Å². The summed E-state index contributed by atoms with van der Waals surface area (Å²) in [6.45, 7) is 7.94. The predicted octanol–water partition coefficient (Wildman–Crippen LogP) is 4.28. The second kappa shape index (κ2) is 6.60. The molecule has 0 heterocycles. The molecule has 0 aromatic heterocycles. The zero-order valence-electron chi connectivity index (χ0n) is 14.0. The minimum atomic E-state index is 0.285. The third-order valence-corrected chi connectivity index (χ3v) is 5.83. The Kier molecular flexibility index (Phi) is 5.28. The van der Waals surface area contributed by atoms with Crippen LogP contribution in [0, 0.1) is 17.3 Å². The fraction of sp³-hybridized carbons (Fsp3) is 0.944. The van der Waals surface area contributed by atoms with Gasteiger partial charge in [-0.3, -0.25) is 4.79 Å². The zero-order chi connectivity index (χ0) is 14.8. The number of hydrogen-bond acceptors (Lipinski definition) is 2. The summed E-state index contributed by atoms with van der Waals surface area (Å²) in [6.07, 6.45) is 9.73. The fourth-order valence-corrected chi connectivity index (χ4v) is 4.21. The van der Waals surface area contributed by atoms with Crippen LogP contribution in [-0.4, -0.2) is 30.3 Å². The van der Waals surface area contributed by atoms with E-state index in [1.165, 1.54) is 32.1 Å². The molecule has 0 bridgehead atoms. The van der Waals surface area contributed by atoms with Crippen molar-refractivity contribution in [1.82, 2.24) is 4.90 Å². The van der Waals surface area contributed by atoms with Crippen LogP contribution in [0.2, 0.25) is 0 Å². The Morgan fingerprint density at radius 1 is 1.20 bits per heavy atom. The maximum absolute atomic E-state index is 12.2. The summed E-state index contributed by atoms with van der Waals surface area (Å²) >= 11 is 0. The first-order valence-electron chi connectivity index (χ1n) is 8.64. The summed E-state index contributed by atoms with van der Waals surface area (Å²) in [5.74, 6) is 1.75. The van der Waals surface area contributed by atoms with Gasteiger partial charge in [0.25, 0.3) is 0 Å². The van der Waals surface area contributed by atoms with Crippen molar-refractivity contribution in [2.75, 3.05) is 13.6 Å². The molecule has 0 aliphatic heterocycles. The van der Waals surface area contributed by atoms with E-state index in [4.69, 9.17) is 0 Å². The number of carbonyl (C=O) groups is 1. The van der Waals surface area contributed by atoms with Crippen LogP contribution in [0.4, 0.5) is 0 Å². The molecular weight excluding hydrogens is 246 g/mol. The molecule has 0 N–H and O–H groups in total. The maximum atomic E-state index is 12.2. The molecule has 116 valence electrons. The smallest absolute Gasteiger partial charge is 0.137 e. The highest BCUT2D eigenvalue weighted by atomic mass is 16.1. The third kappa shape index (κ3) is 4.07. The largest absolute Gasteiger partial charge is 0.303 e. The highest BCUT2D eigenvalue weighted by Crippen LogP contribution is 2.37. The summed E-state index contributed by atoms with van der Waals surface area (Å²) in [6, 6.07) is 0.718. The van der Waals surface area contributed by atoms with Crippen molar-refractivity contribution in [3.8, 4) is 0 Å². The lowest BCUT2D eigenvalue weighted by Gasteiger charge is -2.39. The molecule has 1 unspecified atom stereocenters. The standard InChI is InChI=1S/C18H33NO/c1-5-14-6-8-16(9-7-14)19(4)13-15-12-18(2,3)11-10-17(15)20/h14-16H,5-13H2,1-4H3. The Balaban J connectivity index is 1.84. The van der Waals surface area contributed by atoms with Gasteiger partial charge < -0.3 is 4.90 Å². The zero-order valence-corrected chi connectivity index (χ0v) is 14.0. The number of hydrogen-bond donors (Lipinski definition) is 0. The van der Waals surface area contributed by atoms with E-state index in [1.807, 2.05) is 0 Å². The molecule has 20 heavy (non-hydrogen) atoms. The lowest BCUT2D eigenvalue weighted by atomic mass is 9.71. The molecule has 2 rings (SSSR count). The molecular formula is C18H33NO. The van der Waals surface area contributed by atoms with Gasteiger partial charge in [0.05, 0.1) is 0 Å². The van der Waals surface area contributed by atoms with E-state index in [1.54, 1.807) is 0 Å². The Morgan fingerprint density at radius 2 is 1.85 bits per heavy atom. The van der Waals surface area contributed by atoms with Gasteiger partial charge >= 0.3 is 0 Å². The van der Waals surface area contributed by atoms with Crippen molar-refractivity contribution in [3.63, 3.8) is 0 Å². The van der Waals surface area contributed by atoms with Crippen LogP contribution in [0.15, 0.2) is 0 Å². The van der Waals surface area contributed by atoms with Crippen molar-refractivity contribution in [3.05, 3.63) is 0 Å². The summed E-state index contributed by atoms with van der Waals surface area (Å²) in [4.78, 5) is 14.7. The number of rotatable bonds is 4. The number of carbonyl (C=O) groups excluding carboxylic acids is 1. The van der Waals surface area contributed by atoms with Gasteiger partial charge in [-0.15, -0.1) is 0 Å². The van der Waals surface area contributed by atoms with Crippen LogP contribution in [0.1, 0.15) is 72.1 Å². The first-order chi connectivity index (χ1) is 9.41. The Hall–Kier alpha value is -0.370. The van der Waals surface area contributed by atoms with Gasteiger partial charge in [0.2, 0.25) is 0 Å². The third-order valence-electron chi connectivity index (χ3n) is 5.83. The van der Waals surface area contributed by atoms with Gasteiger partial charge in [0.1, 0.15) is 5.78 Å². The van der Waals surface area contributed by atoms with E-state index in [9.17, 15) is 4.79 Å². The summed E-state index contributed by atoms with van der Waals surface area (Å²) in [5, 5.41) is 0. The van der Waals surface area contributed by atoms with E-state index in [0.717, 1.165) is 37.8 Å². The molecule has 2 aliphatic rings. The maximum Gasteiger partial charge on any atom is 0.137 e. The van der Waals surface area contributed by atoms with Gasteiger partial charge in [0, 0.05) is 24.9 Å². The predicted molar refractivity (Wildman–Crippen MR) is 84.8 cm³/mol. The first-order valence-corrected chi connectivity index (χ1v) is 8.64. The normalized spacial score (nSPS) is 34.5. The van der Waals surface area contributed by atoms with Crippen molar-refractivity contribution in [2.45, 2.75) is 78.2 Å². The summed E-state index contributed by atoms with van der Waals surface area (Å²) in [7, 11) is 2.24. The molecule has 0 aromatic rings. The monoisotopic (exact) mass is 279 g/mol. The Labute approximate surface area is 125 Å². The van der Waals surface area contributed by atoms with Crippen LogP contribution >= 0.6 is 0 Å². The van der Waals surface area contributed by atoms with E-state index in [0.29, 0.717) is 11.2 Å². The van der Waals surface area contributed by atoms with Crippen LogP contribution in [0.25, 0.3) is 0 Å². The second-order valence-electron chi connectivity index (χ2n) is 8.05. The highest BCUT2D eigenvalue weighted by molar-refractivity contribution is 5.82. The number of Topliss-reactive ketones (excluding diaryl/α,β-unsaturated/α-hetero) is 1. The molecule has 0 radical (unpaired) electrons. The minimum Gasteiger partial charge on any atom is -0.303 e. The number of ketones is 1. The Bertz CT molecular complexity index is 328. The van der Waals surface area contributed by atoms with Crippen LogP contribution in [0.5, 0.6) is 0 Å². The van der Waals surface area contributed by atoms with Gasteiger partial charge in [-0.1, -0.05) is 27.2 Å². The van der Waals surface area contributed by atoms with Crippen molar-refractivity contribution in [2.24, 2.45) is 17.3 Å². The van der Waals surface area contributed by atoms with Crippen molar-refractivity contribution < 1.29 is 4.79 Å².